The lowest BCUT2D eigenvalue weighted by molar-refractivity contribution is -0.144. The molecule has 0 spiro atoms. The SMILES string of the molecule is O=C(O)C(c1cccc(C(F)(F)F)c1)N1CCCCCC1. The minimum Gasteiger partial charge on any atom is -0.480 e. The number of aliphatic carboxylic acids is 1. The van der Waals surface area contributed by atoms with E-state index >= 15 is 0 Å². The van der Waals surface area contributed by atoms with E-state index in [1.54, 1.807) is 4.90 Å². The maximum atomic E-state index is 12.8. The summed E-state index contributed by atoms with van der Waals surface area (Å²) in [5.41, 5.74) is -0.611. The first-order valence-corrected chi connectivity index (χ1v) is 7.03. The number of carboxylic acids is 1. The fraction of sp³-hybridized carbons (Fsp3) is 0.533. The average Bonchev–Trinajstić information content (AvgIpc) is 2.67. The number of rotatable bonds is 3. The number of hydrogen-bond acceptors (Lipinski definition) is 2. The number of carboxylic acid groups (broad SMARTS) is 1. The molecule has 6 heteroatoms. The van der Waals surface area contributed by atoms with Gasteiger partial charge in [-0.1, -0.05) is 25.0 Å². The molecule has 1 saturated heterocycles. The van der Waals surface area contributed by atoms with Gasteiger partial charge in [-0.3, -0.25) is 9.69 Å². The van der Waals surface area contributed by atoms with Crippen molar-refractivity contribution >= 4 is 5.97 Å². The second-order valence-corrected chi connectivity index (χ2v) is 5.31. The topological polar surface area (TPSA) is 40.5 Å². The Morgan fingerprint density at radius 3 is 2.29 bits per heavy atom. The van der Waals surface area contributed by atoms with Crippen LogP contribution in [0.5, 0.6) is 0 Å². The van der Waals surface area contributed by atoms with Gasteiger partial charge in [0.15, 0.2) is 0 Å². The van der Waals surface area contributed by atoms with E-state index in [1.807, 2.05) is 0 Å². The van der Waals surface area contributed by atoms with Crippen LogP contribution in [0.4, 0.5) is 13.2 Å². The Labute approximate surface area is 121 Å². The molecule has 21 heavy (non-hydrogen) atoms. The lowest BCUT2D eigenvalue weighted by Gasteiger charge is -2.28. The highest BCUT2D eigenvalue weighted by Crippen LogP contribution is 2.32. The van der Waals surface area contributed by atoms with Crippen molar-refractivity contribution in [2.24, 2.45) is 0 Å². The number of carbonyl (C=O) groups is 1. The van der Waals surface area contributed by atoms with Gasteiger partial charge in [0, 0.05) is 0 Å². The van der Waals surface area contributed by atoms with Crippen molar-refractivity contribution in [2.75, 3.05) is 13.1 Å². The van der Waals surface area contributed by atoms with Gasteiger partial charge in [0.05, 0.1) is 5.56 Å². The van der Waals surface area contributed by atoms with Gasteiger partial charge in [0.25, 0.3) is 0 Å². The Hall–Kier alpha value is -1.56. The first-order valence-electron chi connectivity index (χ1n) is 7.03. The Morgan fingerprint density at radius 1 is 1.14 bits per heavy atom. The Morgan fingerprint density at radius 2 is 1.76 bits per heavy atom. The van der Waals surface area contributed by atoms with E-state index in [1.165, 1.54) is 12.1 Å². The van der Waals surface area contributed by atoms with Gasteiger partial charge in [0.1, 0.15) is 6.04 Å². The molecule has 1 aromatic rings. The molecule has 0 bridgehead atoms. The lowest BCUT2D eigenvalue weighted by atomic mass is 10.0. The van der Waals surface area contributed by atoms with Crippen molar-refractivity contribution in [1.29, 1.82) is 0 Å². The van der Waals surface area contributed by atoms with Crippen LogP contribution >= 0.6 is 0 Å². The summed E-state index contributed by atoms with van der Waals surface area (Å²) < 4.78 is 38.3. The third-order valence-corrected chi connectivity index (χ3v) is 3.77. The molecule has 0 saturated carbocycles. The zero-order valence-corrected chi connectivity index (χ0v) is 11.6. The van der Waals surface area contributed by atoms with Gasteiger partial charge in [-0.05, 0) is 43.6 Å². The minimum atomic E-state index is -4.46. The number of halogens is 3. The van der Waals surface area contributed by atoms with Crippen molar-refractivity contribution in [3.8, 4) is 0 Å². The molecule has 1 aromatic carbocycles. The van der Waals surface area contributed by atoms with Gasteiger partial charge in [-0.2, -0.15) is 13.2 Å². The first-order chi connectivity index (χ1) is 9.89. The predicted octanol–water partition coefficient (Wildman–Crippen LogP) is 3.71. The molecule has 1 fully saturated rings. The fourth-order valence-electron chi connectivity index (χ4n) is 2.75. The van der Waals surface area contributed by atoms with Crippen molar-refractivity contribution in [3.05, 3.63) is 35.4 Å². The second kappa shape index (κ2) is 6.47. The van der Waals surface area contributed by atoms with Crippen molar-refractivity contribution in [1.82, 2.24) is 4.90 Å². The number of likely N-dealkylation sites (tertiary alicyclic amines) is 1. The van der Waals surface area contributed by atoms with Crippen LogP contribution in [0.3, 0.4) is 0 Å². The fourth-order valence-corrected chi connectivity index (χ4v) is 2.75. The summed E-state index contributed by atoms with van der Waals surface area (Å²) in [5, 5.41) is 9.44. The Bertz CT molecular complexity index is 494. The molecule has 2 rings (SSSR count). The highest BCUT2D eigenvalue weighted by Gasteiger charge is 2.33. The highest BCUT2D eigenvalue weighted by atomic mass is 19.4. The van der Waals surface area contributed by atoms with Crippen molar-refractivity contribution < 1.29 is 23.1 Å². The molecule has 0 aliphatic carbocycles. The number of benzene rings is 1. The zero-order chi connectivity index (χ0) is 15.5. The molecule has 1 unspecified atom stereocenters. The molecular weight excluding hydrogens is 283 g/mol. The molecule has 1 N–H and O–H groups in total. The molecule has 3 nitrogen and oxygen atoms in total. The molecule has 0 aromatic heterocycles. The number of nitrogens with zero attached hydrogens (tertiary/aromatic N) is 1. The third kappa shape index (κ3) is 3.97. The van der Waals surface area contributed by atoms with E-state index in [2.05, 4.69) is 0 Å². The normalized spacial score (nSPS) is 19.0. The van der Waals surface area contributed by atoms with Crippen LogP contribution < -0.4 is 0 Å². The van der Waals surface area contributed by atoms with E-state index in [0.717, 1.165) is 37.8 Å². The van der Waals surface area contributed by atoms with Crippen molar-refractivity contribution in [2.45, 2.75) is 37.9 Å². The van der Waals surface area contributed by atoms with Crippen LogP contribution in [0.25, 0.3) is 0 Å². The summed E-state index contributed by atoms with van der Waals surface area (Å²) in [5.74, 6) is -1.10. The molecule has 1 heterocycles. The van der Waals surface area contributed by atoms with Crippen LogP contribution in [0.2, 0.25) is 0 Å². The molecule has 116 valence electrons. The quantitative estimate of drug-likeness (QED) is 0.925. The highest BCUT2D eigenvalue weighted by molar-refractivity contribution is 5.75. The Balaban J connectivity index is 2.31. The van der Waals surface area contributed by atoms with E-state index in [-0.39, 0.29) is 5.56 Å². The average molecular weight is 301 g/mol. The largest absolute Gasteiger partial charge is 0.480 e. The maximum Gasteiger partial charge on any atom is 0.416 e. The molecule has 0 radical (unpaired) electrons. The van der Waals surface area contributed by atoms with Crippen LogP contribution in [0, 0.1) is 0 Å². The molecule has 1 aliphatic rings. The number of alkyl halides is 3. The molecule has 1 atom stereocenters. The molecule has 1 aliphatic heterocycles. The van der Waals surface area contributed by atoms with Crippen molar-refractivity contribution in [3.63, 3.8) is 0 Å². The van der Waals surface area contributed by atoms with E-state index in [0.29, 0.717) is 13.1 Å². The van der Waals surface area contributed by atoms with E-state index in [4.69, 9.17) is 0 Å². The Kier molecular flexibility index (Phi) is 4.88. The predicted molar refractivity (Wildman–Crippen MR) is 71.9 cm³/mol. The molecular formula is C15H18F3NO2. The van der Waals surface area contributed by atoms with Gasteiger partial charge >= 0.3 is 12.1 Å². The summed E-state index contributed by atoms with van der Waals surface area (Å²) in [4.78, 5) is 13.3. The number of hydrogen-bond donors (Lipinski definition) is 1. The first kappa shape index (κ1) is 15.8. The summed E-state index contributed by atoms with van der Waals surface area (Å²) in [7, 11) is 0. The van der Waals surface area contributed by atoms with Crippen LogP contribution in [0.15, 0.2) is 24.3 Å². The van der Waals surface area contributed by atoms with Gasteiger partial charge < -0.3 is 5.11 Å². The standard InChI is InChI=1S/C15H18F3NO2/c16-15(17,18)12-7-5-6-11(10-12)13(14(20)21)19-8-3-1-2-4-9-19/h5-7,10,13H,1-4,8-9H2,(H,20,21). The summed E-state index contributed by atoms with van der Waals surface area (Å²) in [6, 6.07) is 3.63. The molecule has 0 amide bonds. The van der Waals surface area contributed by atoms with E-state index in [9.17, 15) is 23.1 Å². The zero-order valence-electron chi connectivity index (χ0n) is 11.6. The summed E-state index contributed by atoms with van der Waals surface area (Å²) in [6.07, 6.45) is -0.639. The third-order valence-electron chi connectivity index (χ3n) is 3.77. The van der Waals surface area contributed by atoms with Gasteiger partial charge in [-0.25, -0.2) is 0 Å². The van der Waals surface area contributed by atoms with E-state index < -0.39 is 23.8 Å². The maximum absolute atomic E-state index is 12.8. The van der Waals surface area contributed by atoms with Crippen LogP contribution in [-0.2, 0) is 11.0 Å². The summed E-state index contributed by atoms with van der Waals surface area (Å²) in [6.45, 7) is 1.21. The summed E-state index contributed by atoms with van der Waals surface area (Å²) >= 11 is 0. The lowest BCUT2D eigenvalue weighted by Crippen LogP contribution is -2.35. The van der Waals surface area contributed by atoms with Crippen LogP contribution in [-0.4, -0.2) is 29.1 Å². The van der Waals surface area contributed by atoms with Crippen LogP contribution in [0.1, 0.15) is 42.9 Å². The van der Waals surface area contributed by atoms with Gasteiger partial charge in [-0.15, -0.1) is 0 Å². The minimum absolute atomic E-state index is 0.194. The monoisotopic (exact) mass is 301 g/mol. The second-order valence-electron chi connectivity index (χ2n) is 5.31. The smallest absolute Gasteiger partial charge is 0.416 e. The van der Waals surface area contributed by atoms with Gasteiger partial charge in [0.2, 0.25) is 0 Å².